The Morgan fingerprint density at radius 3 is 2.40 bits per heavy atom. The van der Waals surface area contributed by atoms with Crippen molar-refractivity contribution in [1.29, 1.82) is 0 Å². The minimum absolute atomic E-state index is 0.0243. The molecule has 10 heteroatoms. The first kappa shape index (κ1) is 35.7. The second-order valence-electron chi connectivity index (χ2n) is 15.7. The number of hydrogen-bond acceptors (Lipinski definition) is 6. The summed E-state index contributed by atoms with van der Waals surface area (Å²) in [5, 5.41) is 4.93. The van der Waals surface area contributed by atoms with Crippen molar-refractivity contribution < 1.29 is 9.53 Å². The highest BCUT2D eigenvalue weighted by Crippen LogP contribution is 2.56. The van der Waals surface area contributed by atoms with E-state index in [0.717, 1.165) is 39.2 Å². The fourth-order valence-corrected chi connectivity index (χ4v) is 8.31. The average molecular weight is 720 g/mol. The molecule has 1 amide bonds. The molecular formula is C42H49N5O4S. The van der Waals surface area contributed by atoms with Gasteiger partial charge in [0.25, 0.3) is 17.0 Å². The Kier molecular flexibility index (Phi) is 9.42. The van der Waals surface area contributed by atoms with Crippen LogP contribution in [0.4, 0.5) is 11.5 Å². The Bertz CT molecular complexity index is 2290. The number of amides is 1. The SMILES string of the molecule is Cc1cc2cc(C3CC3)ccc2c(=O)n1-c1cccc(-c2cc(Nc3ccc(C(=O)N4CCOCC4)cn3)c(=O)n(C)c2)c1CS(C)(C)C(C)(C)C. The number of fused-ring (bicyclic) bond motifs is 1. The molecule has 272 valence electrons. The summed E-state index contributed by atoms with van der Waals surface area (Å²) in [5.41, 5.74) is 6.58. The fraction of sp³-hybridized carbons (Fsp3) is 0.381. The van der Waals surface area contributed by atoms with E-state index in [4.69, 9.17) is 4.74 Å². The maximum atomic E-state index is 14.4. The van der Waals surface area contributed by atoms with E-state index in [-0.39, 0.29) is 21.8 Å². The normalized spacial score (nSPS) is 15.6. The van der Waals surface area contributed by atoms with Crippen LogP contribution in [0, 0.1) is 6.92 Å². The first-order valence-electron chi connectivity index (χ1n) is 18.0. The van der Waals surface area contributed by atoms with E-state index in [1.807, 2.05) is 35.9 Å². The molecule has 52 heavy (non-hydrogen) atoms. The second-order valence-corrected chi connectivity index (χ2v) is 20.3. The lowest BCUT2D eigenvalue weighted by Gasteiger charge is -2.45. The Morgan fingerprint density at radius 1 is 0.981 bits per heavy atom. The zero-order chi connectivity index (χ0) is 36.9. The van der Waals surface area contributed by atoms with Gasteiger partial charge in [-0.3, -0.25) is 19.0 Å². The molecule has 1 saturated heterocycles. The predicted molar refractivity (Wildman–Crippen MR) is 214 cm³/mol. The van der Waals surface area contributed by atoms with E-state index in [1.165, 1.54) is 18.4 Å². The molecule has 3 aromatic heterocycles. The van der Waals surface area contributed by atoms with Gasteiger partial charge in [-0.05, 0) is 101 Å². The summed E-state index contributed by atoms with van der Waals surface area (Å²) in [6.45, 7) is 11.0. The summed E-state index contributed by atoms with van der Waals surface area (Å²) in [5.74, 6) is 1.76. The topological polar surface area (TPSA) is 98.5 Å². The third-order valence-corrected chi connectivity index (χ3v) is 15.2. The predicted octanol–water partition coefficient (Wildman–Crippen LogP) is 7.52. The highest BCUT2D eigenvalue weighted by atomic mass is 32.3. The highest BCUT2D eigenvalue weighted by molar-refractivity contribution is 8.33. The molecular weight excluding hydrogens is 671 g/mol. The molecule has 0 atom stereocenters. The van der Waals surface area contributed by atoms with E-state index >= 15 is 0 Å². The lowest BCUT2D eigenvalue weighted by Crippen LogP contribution is -2.40. The molecule has 1 saturated carbocycles. The summed E-state index contributed by atoms with van der Waals surface area (Å²) in [6.07, 6.45) is 10.5. The number of anilines is 2. The first-order chi connectivity index (χ1) is 24.7. The van der Waals surface area contributed by atoms with Crippen molar-refractivity contribution in [2.24, 2.45) is 7.05 Å². The van der Waals surface area contributed by atoms with Crippen LogP contribution in [-0.2, 0) is 17.5 Å². The van der Waals surface area contributed by atoms with Crippen LogP contribution in [0.1, 0.15) is 66.7 Å². The van der Waals surface area contributed by atoms with Gasteiger partial charge in [-0.25, -0.2) is 15.0 Å². The van der Waals surface area contributed by atoms with Gasteiger partial charge >= 0.3 is 0 Å². The van der Waals surface area contributed by atoms with Crippen LogP contribution < -0.4 is 16.4 Å². The van der Waals surface area contributed by atoms with E-state index in [2.05, 4.69) is 73.9 Å². The van der Waals surface area contributed by atoms with Crippen LogP contribution >= 0.6 is 10.0 Å². The number of hydrogen-bond donors (Lipinski definition) is 1. The number of carbonyl (C=O) groups is 1. The number of aryl methyl sites for hydroxylation is 2. The zero-order valence-corrected chi connectivity index (χ0v) is 32.1. The number of nitrogens with one attached hydrogen (secondary N) is 1. The summed E-state index contributed by atoms with van der Waals surface area (Å²) in [4.78, 5) is 47.2. The van der Waals surface area contributed by atoms with Crippen LogP contribution in [0.3, 0.4) is 0 Å². The Hall–Kier alpha value is -4.67. The summed E-state index contributed by atoms with van der Waals surface area (Å²) in [6, 6.07) is 19.9. The molecule has 5 aromatic rings. The molecule has 9 nitrogen and oxygen atoms in total. The maximum Gasteiger partial charge on any atom is 0.274 e. The zero-order valence-electron chi connectivity index (χ0n) is 31.3. The number of carbonyl (C=O) groups excluding carboxylic acids is 1. The maximum absolute atomic E-state index is 14.4. The molecule has 2 aliphatic rings. The lowest BCUT2D eigenvalue weighted by atomic mass is 9.99. The Morgan fingerprint density at radius 2 is 1.73 bits per heavy atom. The van der Waals surface area contributed by atoms with Gasteiger partial charge in [0, 0.05) is 54.9 Å². The van der Waals surface area contributed by atoms with Crippen molar-refractivity contribution in [1.82, 2.24) is 19.0 Å². The van der Waals surface area contributed by atoms with Crippen LogP contribution in [0.15, 0.2) is 82.6 Å². The quantitative estimate of drug-likeness (QED) is 0.178. The fourth-order valence-electron chi connectivity index (χ4n) is 6.85. The van der Waals surface area contributed by atoms with Crippen molar-refractivity contribution in [3.8, 4) is 16.8 Å². The second kappa shape index (κ2) is 13.7. The molecule has 1 aliphatic carbocycles. The van der Waals surface area contributed by atoms with Crippen molar-refractivity contribution in [2.75, 3.05) is 44.1 Å². The summed E-state index contributed by atoms with van der Waals surface area (Å²) < 4.78 is 8.88. The van der Waals surface area contributed by atoms with Gasteiger partial charge in [0.15, 0.2) is 0 Å². The van der Waals surface area contributed by atoms with Gasteiger partial charge in [0.2, 0.25) is 0 Å². The molecule has 0 bridgehead atoms. The summed E-state index contributed by atoms with van der Waals surface area (Å²) in [7, 11) is 0.514. The minimum atomic E-state index is -1.23. The highest BCUT2D eigenvalue weighted by Gasteiger charge is 2.31. The standard InChI is InChI=1S/C42H49N5O4S/c1-27-21-31-22-29(28-11-12-28)13-15-34(31)40(49)47(27)37-10-8-9-33(35(37)26-52(6,7)42(2,3)4)32-23-36(41(50)45(5)25-32)44-38-16-14-30(24-43-38)39(48)46-17-19-51-20-18-46/h8-10,13-16,21-25,28H,11-12,17-20,26H2,1-7H3,(H,43,44). The molecule has 1 N–H and O–H groups in total. The van der Waals surface area contributed by atoms with Crippen molar-refractivity contribution >= 4 is 38.2 Å². The minimum Gasteiger partial charge on any atom is -0.378 e. The average Bonchev–Trinajstić information content (AvgIpc) is 3.96. The van der Waals surface area contributed by atoms with Gasteiger partial charge in [0.1, 0.15) is 11.5 Å². The van der Waals surface area contributed by atoms with Gasteiger partial charge in [-0.2, -0.15) is 0 Å². The van der Waals surface area contributed by atoms with Crippen LogP contribution in [-0.4, -0.2) is 68.5 Å². The lowest BCUT2D eigenvalue weighted by molar-refractivity contribution is 0.0302. The third kappa shape index (κ3) is 6.94. The van der Waals surface area contributed by atoms with E-state index < -0.39 is 10.0 Å². The Labute approximate surface area is 307 Å². The largest absolute Gasteiger partial charge is 0.378 e. The molecule has 0 unspecified atom stereocenters. The van der Waals surface area contributed by atoms with E-state index in [1.54, 1.807) is 34.8 Å². The van der Waals surface area contributed by atoms with Crippen molar-refractivity contribution in [3.05, 3.63) is 116 Å². The number of benzene rings is 2. The molecule has 0 spiro atoms. The van der Waals surface area contributed by atoms with E-state index in [0.29, 0.717) is 54.7 Å². The van der Waals surface area contributed by atoms with E-state index in [9.17, 15) is 14.4 Å². The molecule has 7 rings (SSSR count). The smallest absolute Gasteiger partial charge is 0.274 e. The van der Waals surface area contributed by atoms with Gasteiger partial charge in [-0.15, -0.1) is 0 Å². The molecule has 2 fully saturated rings. The van der Waals surface area contributed by atoms with Crippen LogP contribution in [0.2, 0.25) is 0 Å². The third-order valence-electron chi connectivity index (χ3n) is 10.9. The number of rotatable bonds is 8. The van der Waals surface area contributed by atoms with Crippen molar-refractivity contribution in [3.63, 3.8) is 0 Å². The molecule has 2 aromatic carbocycles. The molecule has 0 radical (unpaired) electrons. The van der Waals surface area contributed by atoms with Gasteiger partial charge in [-0.1, -0.05) is 45.0 Å². The van der Waals surface area contributed by atoms with Crippen molar-refractivity contribution in [2.45, 2.75) is 57.0 Å². The number of morpholine rings is 1. The number of pyridine rings is 3. The number of ether oxygens (including phenoxy) is 1. The van der Waals surface area contributed by atoms with Crippen LogP contribution in [0.5, 0.6) is 0 Å². The van der Waals surface area contributed by atoms with Gasteiger partial charge < -0.3 is 19.5 Å². The summed E-state index contributed by atoms with van der Waals surface area (Å²) >= 11 is 0. The van der Waals surface area contributed by atoms with Gasteiger partial charge in [0.05, 0.1) is 24.5 Å². The number of nitrogens with zero attached hydrogens (tertiary/aromatic N) is 4. The molecule has 1 aliphatic heterocycles. The number of aromatic nitrogens is 3. The molecule has 4 heterocycles. The monoisotopic (exact) mass is 719 g/mol. The van der Waals surface area contributed by atoms with Crippen LogP contribution in [0.25, 0.3) is 27.6 Å². The first-order valence-corrected chi connectivity index (χ1v) is 20.6. The Balaban J connectivity index is 1.31.